The summed E-state index contributed by atoms with van der Waals surface area (Å²) in [7, 11) is 0. The van der Waals surface area contributed by atoms with Crippen LogP contribution in [0.1, 0.15) is 31.2 Å². The molecule has 9 heteroatoms. The smallest absolute Gasteiger partial charge is 0.277 e. The zero-order chi connectivity index (χ0) is 22.5. The third kappa shape index (κ3) is 5.31. The van der Waals surface area contributed by atoms with Crippen LogP contribution in [0.25, 0.3) is 10.9 Å². The predicted molar refractivity (Wildman–Crippen MR) is 131 cm³/mol. The molecule has 2 aliphatic heterocycles. The average molecular weight is 449 g/mol. The first-order valence-corrected chi connectivity index (χ1v) is 12.1. The topological polar surface area (TPSA) is 102 Å². The summed E-state index contributed by atoms with van der Waals surface area (Å²) in [6.07, 6.45) is 7.36. The van der Waals surface area contributed by atoms with Gasteiger partial charge in [0.05, 0.1) is 6.20 Å². The number of nitrogens with zero attached hydrogens (tertiary/aromatic N) is 5. The molecular formula is C24H32N8O. The molecule has 0 radical (unpaired) electrons. The molecule has 3 aromatic rings. The molecule has 0 saturated carbocycles. The van der Waals surface area contributed by atoms with Crippen molar-refractivity contribution in [2.75, 3.05) is 56.0 Å². The molecule has 0 unspecified atom stereocenters. The van der Waals surface area contributed by atoms with Gasteiger partial charge in [-0.2, -0.15) is 10.1 Å². The number of benzene rings is 1. The van der Waals surface area contributed by atoms with E-state index < -0.39 is 0 Å². The lowest BCUT2D eigenvalue weighted by Crippen LogP contribution is -2.44. The third-order valence-electron chi connectivity index (χ3n) is 6.54. The highest BCUT2D eigenvalue weighted by atomic mass is 16.1. The Morgan fingerprint density at radius 2 is 1.70 bits per heavy atom. The first-order chi connectivity index (χ1) is 16.3. The molecule has 2 fully saturated rings. The summed E-state index contributed by atoms with van der Waals surface area (Å²) in [5.41, 5.74) is 2.48. The summed E-state index contributed by atoms with van der Waals surface area (Å²) >= 11 is 0. The van der Waals surface area contributed by atoms with E-state index in [-0.39, 0.29) is 5.56 Å². The molecule has 174 valence electrons. The maximum Gasteiger partial charge on any atom is 0.277 e. The molecule has 0 amide bonds. The number of nitrogens with one attached hydrogen (secondary N) is 3. The van der Waals surface area contributed by atoms with Gasteiger partial charge in [0.2, 0.25) is 5.95 Å². The molecule has 0 aliphatic carbocycles. The molecule has 1 aromatic carbocycles. The number of rotatable bonds is 6. The fourth-order valence-corrected chi connectivity index (χ4v) is 4.61. The quantitative estimate of drug-likeness (QED) is 0.528. The zero-order valence-corrected chi connectivity index (χ0v) is 19.0. The zero-order valence-electron chi connectivity index (χ0n) is 19.0. The van der Waals surface area contributed by atoms with E-state index in [0.717, 1.165) is 70.8 Å². The minimum Gasteiger partial charge on any atom is -0.341 e. The van der Waals surface area contributed by atoms with Gasteiger partial charge in [0, 0.05) is 51.5 Å². The number of anilines is 3. The number of aromatic nitrogens is 4. The number of hydrogen-bond acceptors (Lipinski definition) is 8. The highest BCUT2D eigenvalue weighted by molar-refractivity contribution is 5.90. The molecule has 2 aliphatic rings. The Morgan fingerprint density at radius 3 is 2.45 bits per heavy atom. The second-order valence-corrected chi connectivity index (χ2v) is 8.90. The van der Waals surface area contributed by atoms with E-state index in [1.54, 1.807) is 6.20 Å². The number of aromatic amines is 1. The highest BCUT2D eigenvalue weighted by Crippen LogP contribution is 2.25. The lowest BCUT2D eigenvalue weighted by atomic mass is 10.1. The SMILES string of the molecule is O=c1[nH]ncc2nc(N3CCCCCC3)nc(Nc3ccc(CCN4CCNCC4)cc3)c12. The standard InChI is InChI=1S/C24H32N8O/c33-23-21-20(17-26-30-23)28-24(32-12-3-1-2-4-13-32)29-22(21)27-19-7-5-18(6-8-19)9-14-31-15-10-25-11-16-31/h5-8,17,25H,1-4,9-16H2,(H,30,33)(H,27,28,29). The van der Waals surface area contributed by atoms with E-state index in [0.29, 0.717) is 22.7 Å². The van der Waals surface area contributed by atoms with Gasteiger partial charge in [0.15, 0.2) is 0 Å². The Morgan fingerprint density at radius 1 is 0.939 bits per heavy atom. The van der Waals surface area contributed by atoms with Crippen LogP contribution in [-0.4, -0.2) is 70.9 Å². The molecule has 0 atom stereocenters. The Kier molecular flexibility index (Phi) is 6.78. The lowest BCUT2D eigenvalue weighted by molar-refractivity contribution is 0.244. The van der Waals surface area contributed by atoms with Crippen LogP contribution in [0.2, 0.25) is 0 Å². The van der Waals surface area contributed by atoms with E-state index in [4.69, 9.17) is 4.98 Å². The predicted octanol–water partition coefficient (Wildman–Crippen LogP) is 2.28. The van der Waals surface area contributed by atoms with Gasteiger partial charge in [-0.15, -0.1) is 0 Å². The van der Waals surface area contributed by atoms with E-state index in [1.807, 2.05) is 0 Å². The highest BCUT2D eigenvalue weighted by Gasteiger charge is 2.18. The minimum atomic E-state index is -0.287. The number of H-pyrrole nitrogens is 1. The first-order valence-electron chi connectivity index (χ1n) is 12.1. The van der Waals surface area contributed by atoms with Gasteiger partial charge in [0.1, 0.15) is 16.7 Å². The molecule has 33 heavy (non-hydrogen) atoms. The van der Waals surface area contributed by atoms with Crippen molar-refractivity contribution in [3.8, 4) is 0 Å². The van der Waals surface area contributed by atoms with Crippen molar-refractivity contribution in [1.82, 2.24) is 30.4 Å². The Labute approximate surface area is 193 Å². The first kappa shape index (κ1) is 21.8. The average Bonchev–Trinajstić information content (AvgIpc) is 3.14. The van der Waals surface area contributed by atoms with Gasteiger partial charge < -0.3 is 20.4 Å². The maximum absolute atomic E-state index is 12.6. The summed E-state index contributed by atoms with van der Waals surface area (Å²) in [6.45, 7) is 7.32. The molecular weight excluding hydrogens is 416 g/mol. The summed E-state index contributed by atoms with van der Waals surface area (Å²) in [6, 6.07) is 8.41. The van der Waals surface area contributed by atoms with E-state index in [9.17, 15) is 4.79 Å². The van der Waals surface area contributed by atoms with Gasteiger partial charge in [0.25, 0.3) is 5.56 Å². The van der Waals surface area contributed by atoms with Crippen molar-refractivity contribution in [3.63, 3.8) is 0 Å². The van der Waals surface area contributed by atoms with Gasteiger partial charge in [-0.05, 0) is 37.0 Å². The number of piperazine rings is 1. The molecule has 0 spiro atoms. The fraction of sp³-hybridized carbons (Fsp3) is 0.500. The summed E-state index contributed by atoms with van der Waals surface area (Å²) in [4.78, 5) is 26.7. The molecule has 2 saturated heterocycles. The minimum absolute atomic E-state index is 0.287. The number of hydrogen-bond donors (Lipinski definition) is 3. The van der Waals surface area contributed by atoms with Crippen molar-refractivity contribution in [2.24, 2.45) is 0 Å². The van der Waals surface area contributed by atoms with Crippen LogP contribution in [0.15, 0.2) is 35.3 Å². The Hall–Kier alpha value is -3.04. The number of fused-ring (bicyclic) bond motifs is 1. The van der Waals surface area contributed by atoms with Crippen molar-refractivity contribution in [2.45, 2.75) is 32.1 Å². The summed E-state index contributed by atoms with van der Waals surface area (Å²) in [5, 5.41) is 13.7. The molecule has 5 rings (SSSR count). The van der Waals surface area contributed by atoms with E-state index in [1.165, 1.54) is 18.4 Å². The van der Waals surface area contributed by atoms with E-state index in [2.05, 4.69) is 59.9 Å². The summed E-state index contributed by atoms with van der Waals surface area (Å²) < 4.78 is 0. The summed E-state index contributed by atoms with van der Waals surface area (Å²) in [5.74, 6) is 1.18. The molecule has 9 nitrogen and oxygen atoms in total. The van der Waals surface area contributed by atoms with Crippen molar-refractivity contribution < 1.29 is 0 Å². The van der Waals surface area contributed by atoms with Gasteiger partial charge in [-0.1, -0.05) is 25.0 Å². The van der Waals surface area contributed by atoms with Crippen molar-refractivity contribution in [1.29, 1.82) is 0 Å². The Bertz CT molecular complexity index is 1120. The fourth-order valence-electron chi connectivity index (χ4n) is 4.61. The van der Waals surface area contributed by atoms with E-state index >= 15 is 0 Å². The van der Waals surface area contributed by atoms with Gasteiger partial charge >= 0.3 is 0 Å². The third-order valence-corrected chi connectivity index (χ3v) is 6.54. The molecule has 2 aromatic heterocycles. The Balaban J connectivity index is 1.36. The van der Waals surface area contributed by atoms with Crippen molar-refractivity contribution in [3.05, 3.63) is 46.4 Å². The second kappa shape index (κ2) is 10.3. The largest absolute Gasteiger partial charge is 0.341 e. The lowest BCUT2D eigenvalue weighted by Gasteiger charge is -2.27. The normalized spacial score (nSPS) is 17.8. The van der Waals surface area contributed by atoms with Gasteiger partial charge in [-0.25, -0.2) is 10.1 Å². The molecule has 0 bridgehead atoms. The molecule has 4 heterocycles. The van der Waals surface area contributed by atoms with Crippen LogP contribution in [0.5, 0.6) is 0 Å². The molecule has 3 N–H and O–H groups in total. The van der Waals surface area contributed by atoms with Crippen molar-refractivity contribution >= 4 is 28.4 Å². The maximum atomic E-state index is 12.6. The van der Waals surface area contributed by atoms with Gasteiger partial charge in [-0.3, -0.25) is 4.79 Å². The van der Waals surface area contributed by atoms with Crippen LogP contribution >= 0.6 is 0 Å². The van der Waals surface area contributed by atoms with Crippen LogP contribution in [0, 0.1) is 0 Å². The van der Waals surface area contributed by atoms with Crippen LogP contribution in [0.4, 0.5) is 17.5 Å². The van der Waals surface area contributed by atoms with Crippen LogP contribution in [0.3, 0.4) is 0 Å². The van der Waals surface area contributed by atoms with Crippen LogP contribution < -0.4 is 21.1 Å². The second-order valence-electron chi connectivity index (χ2n) is 8.90. The monoisotopic (exact) mass is 448 g/mol. The van der Waals surface area contributed by atoms with Crippen LogP contribution in [-0.2, 0) is 6.42 Å².